The van der Waals surface area contributed by atoms with Crippen LogP contribution in [0.15, 0.2) is 42.5 Å². The van der Waals surface area contributed by atoms with Gasteiger partial charge in [-0.15, -0.1) is 0 Å². The smallest absolute Gasteiger partial charge is 0.356 e. The Morgan fingerprint density at radius 1 is 1.24 bits per heavy atom. The average molecular weight is 287 g/mol. The number of carbonyl (C=O) groups excluding carboxylic acids is 1. The number of nitrogens with zero attached hydrogens (tertiary/aromatic N) is 3. The zero-order valence-electron chi connectivity index (χ0n) is 11.5. The van der Waals surface area contributed by atoms with E-state index in [1.165, 1.54) is 19.2 Å². The highest BCUT2D eigenvalue weighted by Crippen LogP contribution is 2.30. The van der Waals surface area contributed by atoms with Gasteiger partial charge in [-0.05, 0) is 18.2 Å². The molecule has 0 saturated heterocycles. The zero-order chi connectivity index (χ0) is 15.4. The minimum Gasteiger partial charge on any atom is -0.464 e. The van der Waals surface area contributed by atoms with Crippen LogP contribution in [0.1, 0.15) is 10.5 Å². The van der Waals surface area contributed by atoms with E-state index in [0.717, 1.165) is 5.69 Å². The summed E-state index contributed by atoms with van der Waals surface area (Å²) in [7, 11) is 2.87. The predicted octanol–water partition coefficient (Wildman–Crippen LogP) is 2.54. The minimum absolute atomic E-state index is 0.0147. The molecule has 0 aliphatic carbocycles. The Morgan fingerprint density at radius 2 is 1.90 bits per heavy atom. The van der Waals surface area contributed by atoms with Crippen molar-refractivity contribution in [1.29, 1.82) is 0 Å². The van der Waals surface area contributed by atoms with Crippen molar-refractivity contribution in [3.05, 3.63) is 58.3 Å². The molecule has 1 aromatic heterocycles. The quantitative estimate of drug-likeness (QED) is 0.488. The maximum Gasteiger partial charge on any atom is 0.356 e. The fourth-order valence-corrected chi connectivity index (χ4v) is 1.82. The Hall–Kier alpha value is -2.96. The number of hydrogen-bond acceptors (Lipinski definition) is 6. The molecule has 7 heteroatoms. The van der Waals surface area contributed by atoms with Crippen molar-refractivity contribution in [2.24, 2.45) is 0 Å². The summed E-state index contributed by atoms with van der Waals surface area (Å²) in [6.45, 7) is 0. The van der Waals surface area contributed by atoms with Crippen LogP contribution in [0.5, 0.6) is 0 Å². The number of methoxy groups -OCH3 is 1. The van der Waals surface area contributed by atoms with Gasteiger partial charge < -0.3 is 9.64 Å². The minimum atomic E-state index is -0.646. The van der Waals surface area contributed by atoms with E-state index in [1.54, 1.807) is 24.1 Å². The standard InChI is InChI=1S/C14H13N3O4/c1-16(10-6-4-3-5-7-10)13-12(17(19)20)9-8-11(15-13)14(18)21-2/h3-9H,1-2H3. The molecule has 0 fully saturated rings. The normalized spacial score (nSPS) is 10.0. The van der Waals surface area contributed by atoms with Crippen LogP contribution >= 0.6 is 0 Å². The number of carbonyl (C=O) groups is 1. The van der Waals surface area contributed by atoms with Crippen LogP contribution in [0.25, 0.3) is 0 Å². The van der Waals surface area contributed by atoms with Crippen LogP contribution in [-0.4, -0.2) is 30.0 Å². The molecule has 0 aliphatic rings. The Kier molecular flexibility index (Phi) is 4.13. The molecule has 2 aromatic rings. The highest BCUT2D eigenvalue weighted by Gasteiger charge is 2.22. The van der Waals surface area contributed by atoms with E-state index in [-0.39, 0.29) is 17.2 Å². The van der Waals surface area contributed by atoms with Gasteiger partial charge in [0.25, 0.3) is 0 Å². The first-order chi connectivity index (χ1) is 10.0. The molecule has 0 atom stereocenters. The first-order valence-electron chi connectivity index (χ1n) is 6.07. The molecule has 0 amide bonds. The van der Waals surface area contributed by atoms with Crippen molar-refractivity contribution in [2.45, 2.75) is 0 Å². The largest absolute Gasteiger partial charge is 0.464 e. The van der Waals surface area contributed by atoms with Crippen LogP contribution in [0, 0.1) is 10.1 Å². The monoisotopic (exact) mass is 287 g/mol. The maximum atomic E-state index is 11.5. The summed E-state index contributed by atoms with van der Waals surface area (Å²) in [4.78, 5) is 27.7. The van der Waals surface area contributed by atoms with Crippen molar-refractivity contribution in [2.75, 3.05) is 19.1 Å². The number of esters is 1. The number of ether oxygens (including phenoxy) is 1. The topological polar surface area (TPSA) is 85.6 Å². The van der Waals surface area contributed by atoms with Crippen LogP contribution in [0.3, 0.4) is 0 Å². The summed E-state index contributed by atoms with van der Waals surface area (Å²) >= 11 is 0. The molecule has 108 valence electrons. The SMILES string of the molecule is COC(=O)c1ccc([N+](=O)[O-])c(N(C)c2ccccc2)n1. The number of pyridine rings is 1. The van der Waals surface area contributed by atoms with Crippen LogP contribution < -0.4 is 4.90 Å². The molecule has 0 bridgehead atoms. The lowest BCUT2D eigenvalue weighted by Gasteiger charge is -2.18. The molecule has 0 N–H and O–H groups in total. The molecule has 2 rings (SSSR count). The second-order valence-electron chi connectivity index (χ2n) is 4.18. The number of hydrogen-bond donors (Lipinski definition) is 0. The van der Waals surface area contributed by atoms with Crippen molar-refractivity contribution >= 4 is 23.2 Å². The molecule has 0 spiro atoms. The molecular formula is C14H13N3O4. The Bertz CT molecular complexity index is 673. The number of benzene rings is 1. The van der Waals surface area contributed by atoms with E-state index in [9.17, 15) is 14.9 Å². The zero-order valence-corrected chi connectivity index (χ0v) is 11.5. The van der Waals surface area contributed by atoms with E-state index in [4.69, 9.17) is 0 Å². The lowest BCUT2D eigenvalue weighted by Crippen LogP contribution is -2.15. The highest BCUT2D eigenvalue weighted by molar-refractivity contribution is 5.88. The van der Waals surface area contributed by atoms with Gasteiger partial charge in [-0.1, -0.05) is 18.2 Å². The van der Waals surface area contributed by atoms with Crippen molar-refractivity contribution in [3.63, 3.8) is 0 Å². The fraction of sp³-hybridized carbons (Fsp3) is 0.143. The van der Waals surface area contributed by atoms with Gasteiger partial charge in [0.15, 0.2) is 5.69 Å². The highest BCUT2D eigenvalue weighted by atomic mass is 16.6. The van der Waals surface area contributed by atoms with Gasteiger partial charge in [0.1, 0.15) is 0 Å². The Balaban J connectivity index is 2.53. The molecule has 0 radical (unpaired) electrons. The van der Waals surface area contributed by atoms with Gasteiger partial charge >= 0.3 is 11.7 Å². The maximum absolute atomic E-state index is 11.5. The van der Waals surface area contributed by atoms with Crippen molar-refractivity contribution in [1.82, 2.24) is 4.98 Å². The van der Waals surface area contributed by atoms with Crippen LogP contribution in [0.2, 0.25) is 0 Å². The van der Waals surface area contributed by atoms with E-state index < -0.39 is 10.9 Å². The molecular weight excluding hydrogens is 274 g/mol. The molecule has 7 nitrogen and oxygen atoms in total. The molecule has 1 aromatic carbocycles. The molecule has 0 saturated carbocycles. The Labute approximate surface area is 120 Å². The van der Waals surface area contributed by atoms with E-state index in [0.29, 0.717) is 0 Å². The summed E-state index contributed by atoms with van der Waals surface area (Å²) in [6.07, 6.45) is 0. The number of nitro groups is 1. The van der Waals surface area contributed by atoms with Gasteiger partial charge in [0.2, 0.25) is 5.82 Å². The van der Waals surface area contributed by atoms with Gasteiger partial charge in [0, 0.05) is 18.8 Å². The molecule has 21 heavy (non-hydrogen) atoms. The van der Waals surface area contributed by atoms with Crippen molar-refractivity contribution in [3.8, 4) is 0 Å². The second-order valence-corrected chi connectivity index (χ2v) is 4.18. The summed E-state index contributed by atoms with van der Waals surface area (Å²) in [6, 6.07) is 11.5. The van der Waals surface area contributed by atoms with E-state index in [1.807, 2.05) is 18.2 Å². The van der Waals surface area contributed by atoms with Crippen LogP contribution in [0.4, 0.5) is 17.2 Å². The molecule has 1 heterocycles. The summed E-state index contributed by atoms with van der Waals surface area (Å²) in [5.74, 6) is -0.568. The third-order valence-electron chi connectivity index (χ3n) is 2.91. The van der Waals surface area contributed by atoms with E-state index >= 15 is 0 Å². The van der Waals surface area contributed by atoms with Gasteiger partial charge in [0.05, 0.1) is 12.0 Å². The molecule has 0 aliphatic heterocycles. The lowest BCUT2D eigenvalue weighted by atomic mass is 10.2. The average Bonchev–Trinajstić information content (AvgIpc) is 2.53. The number of aromatic nitrogens is 1. The third-order valence-corrected chi connectivity index (χ3v) is 2.91. The second kappa shape index (κ2) is 6.00. The Morgan fingerprint density at radius 3 is 2.48 bits per heavy atom. The summed E-state index contributed by atoms with van der Waals surface area (Å²) < 4.78 is 4.59. The van der Waals surface area contributed by atoms with Gasteiger partial charge in [-0.2, -0.15) is 0 Å². The predicted molar refractivity (Wildman–Crippen MR) is 76.7 cm³/mol. The fourth-order valence-electron chi connectivity index (χ4n) is 1.82. The number of anilines is 2. The first kappa shape index (κ1) is 14.4. The lowest BCUT2D eigenvalue weighted by molar-refractivity contribution is -0.384. The van der Waals surface area contributed by atoms with Gasteiger partial charge in [-0.25, -0.2) is 9.78 Å². The summed E-state index contributed by atoms with van der Waals surface area (Å²) in [5.41, 5.74) is 0.546. The third kappa shape index (κ3) is 2.97. The van der Waals surface area contributed by atoms with Crippen LogP contribution in [-0.2, 0) is 4.74 Å². The van der Waals surface area contributed by atoms with Gasteiger partial charge in [-0.3, -0.25) is 10.1 Å². The molecule has 0 unspecified atom stereocenters. The number of para-hydroxylation sites is 1. The first-order valence-corrected chi connectivity index (χ1v) is 6.07. The van der Waals surface area contributed by atoms with Crippen molar-refractivity contribution < 1.29 is 14.5 Å². The summed E-state index contributed by atoms with van der Waals surface area (Å²) in [5, 5.41) is 11.1. The number of rotatable bonds is 4. The van der Waals surface area contributed by atoms with E-state index in [2.05, 4.69) is 9.72 Å².